The molecule has 30 heavy (non-hydrogen) atoms. The van der Waals surface area contributed by atoms with Crippen LogP contribution < -0.4 is 10.6 Å². The molecule has 0 fully saturated rings. The van der Waals surface area contributed by atoms with E-state index in [0.29, 0.717) is 35.0 Å². The standard InChI is InChI=1S/C25H39N3O2/c1-8-11-14-22(10-3)28(19(4)5)25(29)23-17-20(6)24(21(9-2)18-26)27(23)15-12-13-16-30-7/h9,17,19,22H,2,6,8,10-16H2,1,3-5,7H3/b24-21-. The number of allylic oxidation sites excluding steroid dienone is 1. The van der Waals surface area contributed by atoms with Crippen molar-refractivity contribution < 1.29 is 9.53 Å². The monoisotopic (exact) mass is 413 g/mol. The van der Waals surface area contributed by atoms with Crippen LogP contribution in [0.25, 0.3) is 12.2 Å². The predicted octanol–water partition coefficient (Wildman–Crippen LogP) is 4.00. The van der Waals surface area contributed by atoms with E-state index in [-0.39, 0.29) is 18.0 Å². The molecule has 0 spiro atoms. The van der Waals surface area contributed by atoms with Crippen molar-refractivity contribution in [2.45, 2.75) is 84.8 Å². The number of unbranched alkanes of at least 4 members (excludes halogenated alkanes) is 2. The van der Waals surface area contributed by atoms with E-state index in [0.717, 1.165) is 38.5 Å². The molecule has 0 bridgehead atoms. The number of carbonyl (C=O) groups is 1. The van der Waals surface area contributed by atoms with Crippen LogP contribution in [0, 0.1) is 11.3 Å². The van der Waals surface area contributed by atoms with Crippen molar-refractivity contribution in [3.8, 4) is 6.07 Å². The molecular weight excluding hydrogens is 374 g/mol. The van der Waals surface area contributed by atoms with Crippen molar-refractivity contribution in [3.05, 3.63) is 35.0 Å². The van der Waals surface area contributed by atoms with Gasteiger partial charge in [0.15, 0.2) is 0 Å². The van der Waals surface area contributed by atoms with Crippen LogP contribution in [0.2, 0.25) is 0 Å². The van der Waals surface area contributed by atoms with Crippen molar-refractivity contribution >= 4 is 18.1 Å². The number of hydrogen-bond donors (Lipinski definition) is 0. The van der Waals surface area contributed by atoms with Gasteiger partial charge in [0, 0.05) is 32.3 Å². The van der Waals surface area contributed by atoms with E-state index in [2.05, 4.69) is 46.9 Å². The van der Waals surface area contributed by atoms with Crippen LogP contribution in [0.4, 0.5) is 0 Å². The summed E-state index contributed by atoms with van der Waals surface area (Å²) in [5, 5.41) is 11.0. The highest BCUT2D eigenvalue weighted by Crippen LogP contribution is 2.19. The van der Waals surface area contributed by atoms with Crippen molar-refractivity contribution in [1.29, 1.82) is 5.26 Å². The number of amides is 1. The fourth-order valence-electron chi connectivity index (χ4n) is 3.98. The van der Waals surface area contributed by atoms with Gasteiger partial charge in [-0.1, -0.05) is 39.8 Å². The zero-order valence-corrected chi connectivity index (χ0v) is 19.5. The van der Waals surface area contributed by atoms with E-state index < -0.39 is 0 Å². The second kappa shape index (κ2) is 13.1. The molecule has 1 rings (SSSR count). The fraction of sp³-hybridized carbons (Fsp3) is 0.600. The number of carbonyl (C=O) groups excluding carboxylic acids is 1. The first-order valence-corrected chi connectivity index (χ1v) is 11.1. The maximum absolute atomic E-state index is 13.8. The summed E-state index contributed by atoms with van der Waals surface area (Å²) in [6.07, 6.45) is 7.40. The van der Waals surface area contributed by atoms with Gasteiger partial charge in [0.2, 0.25) is 0 Å². The molecule has 1 unspecified atom stereocenters. The van der Waals surface area contributed by atoms with Gasteiger partial charge in [-0.05, 0) is 56.9 Å². The van der Waals surface area contributed by atoms with Gasteiger partial charge >= 0.3 is 0 Å². The Morgan fingerprint density at radius 1 is 1.33 bits per heavy atom. The molecule has 0 aromatic carbocycles. The molecule has 1 amide bonds. The summed E-state index contributed by atoms with van der Waals surface area (Å²) in [7, 11) is 1.69. The molecule has 0 saturated heterocycles. The number of rotatable bonds is 13. The van der Waals surface area contributed by atoms with E-state index in [1.54, 1.807) is 13.2 Å². The summed E-state index contributed by atoms with van der Waals surface area (Å²) in [6.45, 7) is 17.7. The summed E-state index contributed by atoms with van der Waals surface area (Å²) in [4.78, 5) is 15.8. The molecule has 0 saturated carbocycles. The SMILES string of the molecule is C=C/C(C#N)=c1\c(=C)cc(C(=O)N(C(C)C)C(CC)CCCC)n1CCCCOC. The highest BCUT2D eigenvalue weighted by Gasteiger charge is 2.28. The third-order valence-corrected chi connectivity index (χ3v) is 5.50. The summed E-state index contributed by atoms with van der Waals surface area (Å²) in [5.41, 5.74) is 1.05. The lowest BCUT2D eigenvalue weighted by molar-refractivity contribution is 0.0575. The third-order valence-electron chi connectivity index (χ3n) is 5.50. The van der Waals surface area contributed by atoms with Crippen molar-refractivity contribution in [2.75, 3.05) is 13.7 Å². The zero-order chi connectivity index (χ0) is 22.7. The molecule has 5 nitrogen and oxygen atoms in total. The maximum Gasteiger partial charge on any atom is 0.270 e. The topological polar surface area (TPSA) is 58.3 Å². The van der Waals surface area contributed by atoms with Crippen LogP contribution in [0.15, 0.2) is 18.7 Å². The van der Waals surface area contributed by atoms with E-state index in [4.69, 9.17) is 4.74 Å². The van der Waals surface area contributed by atoms with Gasteiger partial charge < -0.3 is 14.2 Å². The van der Waals surface area contributed by atoms with Crippen LogP contribution >= 0.6 is 0 Å². The third kappa shape index (κ3) is 6.34. The number of ether oxygens (including phenoxy) is 1. The Bertz CT molecular complexity index is 845. The Hall–Kier alpha value is -2.32. The van der Waals surface area contributed by atoms with E-state index in [1.807, 2.05) is 15.5 Å². The molecule has 0 radical (unpaired) electrons. The Labute approximate surface area is 182 Å². The lowest BCUT2D eigenvalue weighted by Gasteiger charge is -2.35. The van der Waals surface area contributed by atoms with Crippen molar-refractivity contribution in [2.24, 2.45) is 0 Å². The Morgan fingerprint density at radius 2 is 2.03 bits per heavy atom. The average Bonchev–Trinajstić information content (AvgIpc) is 3.05. The number of aromatic nitrogens is 1. The molecular formula is C25H39N3O2. The molecule has 0 aliphatic carbocycles. The Morgan fingerprint density at radius 3 is 2.53 bits per heavy atom. The fourth-order valence-corrected chi connectivity index (χ4v) is 3.98. The normalized spacial score (nSPS) is 13.1. The largest absolute Gasteiger partial charge is 0.385 e. The van der Waals surface area contributed by atoms with Gasteiger partial charge in [0.25, 0.3) is 5.91 Å². The van der Waals surface area contributed by atoms with E-state index in [9.17, 15) is 10.1 Å². The minimum Gasteiger partial charge on any atom is -0.385 e. The summed E-state index contributed by atoms with van der Waals surface area (Å²) >= 11 is 0. The van der Waals surface area contributed by atoms with Gasteiger partial charge in [-0.15, -0.1) is 0 Å². The van der Waals surface area contributed by atoms with Crippen LogP contribution in [-0.4, -0.2) is 41.2 Å². The molecule has 0 aliphatic heterocycles. The molecule has 166 valence electrons. The van der Waals surface area contributed by atoms with Crippen LogP contribution in [0.1, 0.15) is 76.7 Å². The number of nitrogens with zero attached hydrogens (tertiary/aromatic N) is 3. The average molecular weight is 414 g/mol. The number of hydrogen-bond acceptors (Lipinski definition) is 3. The van der Waals surface area contributed by atoms with Gasteiger partial charge in [0.05, 0.1) is 10.9 Å². The molecule has 1 aromatic rings. The lowest BCUT2D eigenvalue weighted by Crippen LogP contribution is -2.45. The predicted molar refractivity (Wildman–Crippen MR) is 124 cm³/mol. The molecule has 0 aliphatic rings. The van der Waals surface area contributed by atoms with Crippen LogP contribution in [0.3, 0.4) is 0 Å². The quantitative estimate of drug-likeness (QED) is 0.459. The number of nitriles is 1. The maximum atomic E-state index is 13.8. The smallest absolute Gasteiger partial charge is 0.270 e. The summed E-state index contributed by atoms with van der Waals surface area (Å²) in [6, 6.07) is 4.32. The first-order chi connectivity index (χ1) is 14.4. The van der Waals surface area contributed by atoms with Gasteiger partial charge in [-0.3, -0.25) is 4.79 Å². The van der Waals surface area contributed by atoms with Crippen molar-refractivity contribution in [1.82, 2.24) is 9.47 Å². The van der Waals surface area contributed by atoms with Gasteiger partial charge in [-0.2, -0.15) is 5.26 Å². The molecule has 1 heterocycles. The zero-order valence-electron chi connectivity index (χ0n) is 19.5. The molecule has 5 heteroatoms. The second-order valence-electron chi connectivity index (χ2n) is 8.00. The van der Waals surface area contributed by atoms with Crippen molar-refractivity contribution in [3.63, 3.8) is 0 Å². The second-order valence-corrected chi connectivity index (χ2v) is 8.00. The van der Waals surface area contributed by atoms with Gasteiger partial charge in [0.1, 0.15) is 11.8 Å². The molecule has 0 N–H and O–H groups in total. The highest BCUT2D eigenvalue weighted by molar-refractivity contribution is 5.93. The first kappa shape index (κ1) is 25.7. The van der Waals surface area contributed by atoms with E-state index >= 15 is 0 Å². The summed E-state index contributed by atoms with van der Waals surface area (Å²) in [5.74, 6) is 0.0113. The molecule has 1 aromatic heterocycles. The first-order valence-electron chi connectivity index (χ1n) is 11.1. The minimum atomic E-state index is 0.0113. The highest BCUT2D eigenvalue weighted by atomic mass is 16.5. The Balaban J connectivity index is 3.53. The number of methoxy groups -OCH3 is 1. The van der Waals surface area contributed by atoms with E-state index in [1.165, 1.54) is 0 Å². The van der Waals surface area contributed by atoms with Crippen LogP contribution in [0.5, 0.6) is 0 Å². The molecule has 1 atom stereocenters. The lowest BCUT2D eigenvalue weighted by atomic mass is 10.0. The minimum absolute atomic E-state index is 0.0113. The van der Waals surface area contributed by atoms with Crippen LogP contribution in [-0.2, 0) is 11.3 Å². The summed E-state index contributed by atoms with van der Waals surface area (Å²) < 4.78 is 7.13. The Kier molecular flexibility index (Phi) is 11.2. The van der Waals surface area contributed by atoms with Gasteiger partial charge in [-0.25, -0.2) is 0 Å².